The van der Waals surface area contributed by atoms with Crippen LogP contribution in [0.5, 0.6) is 0 Å². The van der Waals surface area contributed by atoms with Gasteiger partial charge in [0.2, 0.25) is 5.91 Å². The molecule has 0 saturated heterocycles. The number of benzene rings is 1. The zero-order valence-electron chi connectivity index (χ0n) is 11.0. The summed E-state index contributed by atoms with van der Waals surface area (Å²) < 4.78 is 0. The fourth-order valence-electron chi connectivity index (χ4n) is 1.68. The fraction of sp³-hybridized carbons (Fsp3) is 0.429. The number of carbonyl (C=O) groups is 2. The quantitative estimate of drug-likeness (QED) is 0.842. The van der Waals surface area contributed by atoms with Crippen molar-refractivity contribution in [3.63, 3.8) is 0 Å². The molecule has 0 heterocycles. The van der Waals surface area contributed by atoms with Crippen LogP contribution in [-0.2, 0) is 16.0 Å². The maximum atomic E-state index is 11.7. The van der Waals surface area contributed by atoms with Crippen molar-refractivity contribution in [3.8, 4) is 0 Å². The number of carbonyl (C=O) groups excluding carboxylic acids is 1. The Labute approximate surface area is 117 Å². The molecule has 2 N–H and O–H groups in total. The SMILES string of the molecule is CC(C)C(CNC(=O)Cc1ccc(Cl)cc1)C(=O)O. The Kier molecular flexibility index (Phi) is 5.83. The van der Waals surface area contributed by atoms with Crippen LogP contribution in [0.25, 0.3) is 0 Å². The van der Waals surface area contributed by atoms with Crippen molar-refractivity contribution in [2.45, 2.75) is 20.3 Å². The van der Waals surface area contributed by atoms with Crippen molar-refractivity contribution >= 4 is 23.5 Å². The Morgan fingerprint density at radius 1 is 1.26 bits per heavy atom. The molecule has 0 aliphatic rings. The first-order valence-corrected chi connectivity index (χ1v) is 6.52. The number of carboxylic acid groups (broad SMARTS) is 1. The number of nitrogens with one attached hydrogen (secondary N) is 1. The van der Waals surface area contributed by atoms with E-state index in [1.807, 2.05) is 13.8 Å². The number of hydrogen-bond donors (Lipinski definition) is 2. The van der Waals surface area contributed by atoms with Gasteiger partial charge in [-0.25, -0.2) is 0 Å². The average Bonchev–Trinajstić information content (AvgIpc) is 2.31. The zero-order valence-corrected chi connectivity index (χ0v) is 11.8. The molecule has 1 amide bonds. The zero-order chi connectivity index (χ0) is 14.4. The minimum Gasteiger partial charge on any atom is -0.481 e. The van der Waals surface area contributed by atoms with Crippen LogP contribution in [0.1, 0.15) is 19.4 Å². The molecule has 1 unspecified atom stereocenters. The average molecular weight is 284 g/mol. The molecule has 0 fully saturated rings. The molecule has 0 aromatic heterocycles. The summed E-state index contributed by atoms with van der Waals surface area (Å²) in [6.07, 6.45) is 0.224. The van der Waals surface area contributed by atoms with E-state index in [1.54, 1.807) is 24.3 Å². The van der Waals surface area contributed by atoms with Gasteiger partial charge in [0.1, 0.15) is 0 Å². The summed E-state index contributed by atoms with van der Waals surface area (Å²) in [5.74, 6) is -1.65. The summed E-state index contributed by atoms with van der Waals surface area (Å²) in [6, 6.07) is 6.99. The van der Waals surface area contributed by atoms with E-state index in [4.69, 9.17) is 16.7 Å². The van der Waals surface area contributed by atoms with Crippen LogP contribution in [0.3, 0.4) is 0 Å². The summed E-state index contributed by atoms with van der Waals surface area (Å²) in [5.41, 5.74) is 0.846. The summed E-state index contributed by atoms with van der Waals surface area (Å²) in [4.78, 5) is 22.7. The van der Waals surface area contributed by atoms with E-state index in [0.717, 1.165) is 5.56 Å². The van der Waals surface area contributed by atoms with E-state index < -0.39 is 11.9 Å². The number of carboxylic acids is 1. The van der Waals surface area contributed by atoms with Crippen LogP contribution < -0.4 is 5.32 Å². The van der Waals surface area contributed by atoms with E-state index in [1.165, 1.54) is 0 Å². The molecule has 104 valence electrons. The topological polar surface area (TPSA) is 66.4 Å². The Bertz CT molecular complexity index is 443. The summed E-state index contributed by atoms with van der Waals surface area (Å²) in [7, 11) is 0. The van der Waals surface area contributed by atoms with Crippen LogP contribution >= 0.6 is 11.6 Å². The van der Waals surface area contributed by atoms with Gasteiger partial charge in [-0.1, -0.05) is 37.6 Å². The van der Waals surface area contributed by atoms with Crippen molar-refractivity contribution in [1.82, 2.24) is 5.32 Å². The molecule has 4 nitrogen and oxygen atoms in total. The molecule has 1 aromatic rings. The lowest BCUT2D eigenvalue weighted by Crippen LogP contribution is -2.36. The van der Waals surface area contributed by atoms with Gasteiger partial charge in [-0.15, -0.1) is 0 Å². The highest BCUT2D eigenvalue weighted by Crippen LogP contribution is 2.11. The number of rotatable bonds is 6. The van der Waals surface area contributed by atoms with E-state index in [0.29, 0.717) is 5.02 Å². The third-order valence-electron chi connectivity index (χ3n) is 2.92. The standard InChI is InChI=1S/C14H18ClNO3/c1-9(2)12(14(18)19)8-16-13(17)7-10-3-5-11(15)6-4-10/h3-6,9,12H,7-8H2,1-2H3,(H,16,17)(H,18,19). The number of hydrogen-bond acceptors (Lipinski definition) is 2. The Hall–Kier alpha value is -1.55. The van der Waals surface area contributed by atoms with Crippen molar-refractivity contribution in [1.29, 1.82) is 0 Å². The van der Waals surface area contributed by atoms with Crippen molar-refractivity contribution in [3.05, 3.63) is 34.9 Å². The Balaban J connectivity index is 2.47. The lowest BCUT2D eigenvalue weighted by Gasteiger charge is -2.16. The summed E-state index contributed by atoms with van der Waals surface area (Å²) in [5, 5.41) is 12.3. The number of aliphatic carboxylic acids is 1. The van der Waals surface area contributed by atoms with Crippen molar-refractivity contribution in [2.24, 2.45) is 11.8 Å². The molecule has 0 saturated carbocycles. The summed E-state index contributed by atoms with van der Waals surface area (Å²) >= 11 is 5.75. The lowest BCUT2D eigenvalue weighted by atomic mass is 9.96. The molecule has 1 rings (SSSR count). The van der Waals surface area contributed by atoms with Crippen LogP contribution in [0.4, 0.5) is 0 Å². The normalized spacial score (nSPS) is 12.2. The lowest BCUT2D eigenvalue weighted by molar-refractivity contribution is -0.143. The Morgan fingerprint density at radius 3 is 2.32 bits per heavy atom. The van der Waals surface area contributed by atoms with Gasteiger partial charge < -0.3 is 10.4 Å². The second-order valence-electron chi connectivity index (χ2n) is 4.80. The predicted octanol–water partition coefficient (Wildman–Crippen LogP) is 2.36. The second kappa shape index (κ2) is 7.14. The van der Waals surface area contributed by atoms with E-state index in [2.05, 4.69) is 5.32 Å². The minimum absolute atomic E-state index is 0.0201. The molecule has 5 heteroatoms. The van der Waals surface area contributed by atoms with E-state index in [-0.39, 0.29) is 24.8 Å². The molecule has 0 bridgehead atoms. The van der Waals surface area contributed by atoms with E-state index >= 15 is 0 Å². The maximum absolute atomic E-state index is 11.7. The molecule has 0 spiro atoms. The molecule has 1 aromatic carbocycles. The highest BCUT2D eigenvalue weighted by atomic mass is 35.5. The first kappa shape index (κ1) is 15.5. The van der Waals surface area contributed by atoms with Gasteiger partial charge >= 0.3 is 5.97 Å². The third-order valence-corrected chi connectivity index (χ3v) is 3.17. The molecule has 19 heavy (non-hydrogen) atoms. The first-order chi connectivity index (χ1) is 8.90. The van der Waals surface area contributed by atoms with Crippen molar-refractivity contribution in [2.75, 3.05) is 6.54 Å². The smallest absolute Gasteiger partial charge is 0.308 e. The van der Waals surface area contributed by atoms with Crippen LogP contribution in [0.15, 0.2) is 24.3 Å². The molecule has 0 aliphatic carbocycles. The van der Waals surface area contributed by atoms with Crippen molar-refractivity contribution < 1.29 is 14.7 Å². The number of amides is 1. The minimum atomic E-state index is -0.887. The van der Waals surface area contributed by atoms with Crippen LogP contribution in [0.2, 0.25) is 5.02 Å². The highest BCUT2D eigenvalue weighted by molar-refractivity contribution is 6.30. The van der Waals surface area contributed by atoms with Gasteiger partial charge in [-0.05, 0) is 23.6 Å². The molecule has 0 radical (unpaired) electrons. The van der Waals surface area contributed by atoms with Gasteiger partial charge in [-0.2, -0.15) is 0 Å². The third kappa shape index (κ3) is 5.30. The molecule has 0 aliphatic heterocycles. The van der Waals surface area contributed by atoms with E-state index in [9.17, 15) is 9.59 Å². The van der Waals surface area contributed by atoms with Gasteiger partial charge in [0.15, 0.2) is 0 Å². The van der Waals surface area contributed by atoms with Gasteiger partial charge in [0.05, 0.1) is 12.3 Å². The van der Waals surface area contributed by atoms with Crippen LogP contribution in [-0.4, -0.2) is 23.5 Å². The predicted molar refractivity (Wildman–Crippen MR) is 74.1 cm³/mol. The highest BCUT2D eigenvalue weighted by Gasteiger charge is 2.21. The van der Waals surface area contributed by atoms with Gasteiger partial charge in [0, 0.05) is 11.6 Å². The maximum Gasteiger partial charge on any atom is 0.308 e. The largest absolute Gasteiger partial charge is 0.481 e. The number of halogens is 1. The first-order valence-electron chi connectivity index (χ1n) is 6.14. The molecular formula is C14H18ClNO3. The summed E-state index contributed by atoms with van der Waals surface area (Å²) in [6.45, 7) is 3.80. The van der Waals surface area contributed by atoms with Gasteiger partial charge in [-0.3, -0.25) is 9.59 Å². The molecule has 1 atom stereocenters. The van der Waals surface area contributed by atoms with Gasteiger partial charge in [0.25, 0.3) is 0 Å². The molecular weight excluding hydrogens is 266 g/mol. The fourth-order valence-corrected chi connectivity index (χ4v) is 1.81. The van der Waals surface area contributed by atoms with Crippen LogP contribution in [0, 0.1) is 11.8 Å². The Morgan fingerprint density at radius 2 is 1.84 bits per heavy atom. The second-order valence-corrected chi connectivity index (χ2v) is 5.23. The monoisotopic (exact) mass is 283 g/mol.